The van der Waals surface area contributed by atoms with E-state index in [4.69, 9.17) is 9.47 Å². The maximum Gasteiger partial charge on any atom is 0.256 e. The number of pyridine rings is 1. The average molecular weight is 334 g/mol. The molecule has 0 bridgehead atoms. The number of nitrogens with one attached hydrogen (secondary N) is 1. The summed E-state index contributed by atoms with van der Waals surface area (Å²) < 4.78 is 11.5. The van der Waals surface area contributed by atoms with E-state index in [1.165, 1.54) is 12.8 Å². The van der Waals surface area contributed by atoms with Crippen molar-refractivity contribution in [2.24, 2.45) is 0 Å². The highest BCUT2D eigenvalue weighted by Crippen LogP contribution is 2.32. The number of anilines is 1. The molecule has 1 N–H and O–H groups in total. The van der Waals surface area contributed by atoms with E-state index < -0.39 is 5.60 Å². The van der Waals surface area contributed by atoms with Gasteiger partial charge in [-0.2, -0.15) is 0 Å². The minimum absolute atomic E-state index is 0.0399. The number of carbonyl (C=O) groups is 1. The molecule has 1 amide bonds. The molecule has 1 aliphatic carbocycles. The SMILES string of the molecule is CCCOc1ccc(NC(=O)C2(OCCC)CCCCCC2)cn1. The van der Waals surface area contributed by atoms with Gasteiger partial charge in [0.05, 0.1) is 18.5 Å². The summed E-state index contributed by atoms with van der Waals surface area (Å²) in [7, 11) is 0. The Morgan fingerprint density at radius 1 is 1.12 bits per heavy atom. The smallest absolute Gasteiger partial charge is 0.256 e. The van der Waals surface area contributed by atoms with E-state index in [2.05, 4.69) is 24.1 Å². The van der Waals surface area contributed by atoms with Crippen molar-refractivity contribution in [2.75, 3.05) is 18.5 Å². The first kappa shape index (κ1) is 18.7. The number of hydrogen-bond donors (Lipinski definition) is 1. The molecule has 5 nitrogen and oxygen atoms in total. The van der Waals surface area contributed by atoms with Gasteiger partial charge in [0.2, 0.25) is 5.88 Å². The van der Waals surface area contributed by atoms with E-state index in [0.717, 1.165) is 38.5 Å². The summed E-state index contributed by atoms with van der Waals surface area (Å²) in [5.74, 6) is 0.545. The van der Waals surface area contributed by atoms with E-state index >= 15 is 0 Å². The van der Waals surface area contributed by atoms with Crippen LogP contribution in [-0.2, 0) is 9.53 Å². The van der Waals surface area contributed by atoms with Gasteiger partial charge in [-0.25, -0.2) is 4.98 Å². The summed E-state index contributed by atoms with van der Waals surface area (Å²) in [6.07, 6.45) is 9.53. The normalized spacial score (nSPS) is 17.1. The van der Waals surface area contributed by atoms with Gasteiger partial charge in [-0.1, -0.05) is 39.5 Å². The van der Waals surface area contributed by atoms with Crippen molar-refractivity contribution in [3.63, 3.8) is 0 Å². The van der Waals surface area contributed by atoms with Crippen molar-refractivity contribution in [2.45, 2.75) is 70.8 Å². The van der Waals surface area contributed by atoms with Crippen LogP contribution in [0, 0.1) is 0 Å². The third kappa shape index (κ3) is 5.20. The Kier molecular flexibility index (Phi) is 7.50. The minimum Gasteiger partial charge on any atom is -0.478 e. The minimum atomic E-state index is -0.691. The molecule has 0 radical (unpaired) electrons. The molecule has 1 heterocycles. The lowest BCUT2D eigenvalue weighted by atomic mass is 9.92. The molecule has 0 spiro atoms. The monoisotopic (exact) mass is 334 g/mol. The molecule has 1 aromatic heterocycles. The average Bonchev–Trinajstić information content (AvgIpc) is 2.86. The Hall–Kier alpha value is -1.62. The molecular weight excluding hydrogens is 304 g/mol. The summed E-state index contributed by atoms with van der Waals surface area (Å²) >= 11 is 0. The van der Waals surface area contributed by atoms with Gasteiger partial charge < -0.3 is 14.8 Å². The molecule has 1 saturated carbocycles. The zero-order valence-corrected chi connectivity index (χ0v) is 15.0. The summed E-state index contributed by atoms with van der Waals surface area (Å²) in [4.78, 5) is 17.1. The highest BCUT2D eigenvalue weighted by atomic mass is 16.5. The van der Waals surface area contributed by atoms with Gasteiger partial charge in [0.15, 0.2) is 0 Å². The molecule has 134 valence electrons. The molecule has 5 heteroatoms. The Labute approximate surface area is 145 Å². The zero-order valence-electron chi connectivity index (χ0n) is 15.0. The molecule has 0 unspecified atom stereocenters. The topological polar surface area (TPSA) is 60.5 Å². The first-order valence-electron chi connectivity index (χ1n) is 9.24. The van der Waals surface area contributed by atoms with Crippen molar-refractivity contribution in [1.29, 1.82) is 0 Å². The number of carbonyl (C=O) groups excluding carboxylic acids is 1. The molecule has 2 rings (SSSR count). The van der Waals surface area contributed by atoms with Crippen LogP contribution in [0.1, 0.15) is 65.2 Å². The lowest BCUT2D eigenvalue weighted by molar-refractivity contribution is -0.143. The zero-order chi connectivity index (χ0) is 17.3. The van der Waals surface area contributed by atoms with Crippen LogP contribution in [0.25, 0.3) is 0 Å². The highest BCUT2D eigenvalue weighted by molar-refractivity contribution is 5.97. The Morgan fingerprint density at radius 3 is 2.42 bits per heavy atom. The number of rotatable bonds is 8. The van der Waals surface area contributed by atoms with E-state index in [1.807, 2.05) is 6.07 Å². The van der Waals surface area contributed by atoms with Gasteiger partial charge in [-0.15, -0.1) is 0 Å². The Morgan fingerprint density at radius 2 is 1.83 bits per heavy atom. The second-order valence-corrected chi connectivity index (χ2v) is 6.44. The quantitative estimate of drug-likeness (QED) is 0.719. The molecular formula is C19H30N2O3. The summed E-state index contributed by atoms with van der Waals surface area (Å²) in [6, 6.07) is 3.62. The van der Waals surface area contributed by atoms with Crippen molar-refractivity contribution in [3.05, 3.63) is 18.3 Å². The van der Waals surface area contributed by atoms with Gasteiger partial charge in [0.1, 0.15) is 5.60 Å². The molecule has 1 fully saturated rings. The van der Waals surface area contributed by atoms with Gasteiger partial charge in [-0.05, 0) is 31.7 Å². The van der Waals surface area contributed by atoms with Crippen LogP contribution >= 0.6 is 0 Å². The number of ether oxygens (including phenoxy) is 2. The maximum atomic E-state index is 12.9. The van der Waals surface area contributed by atoms with Gasteiger partial charge in [0.25, 0.3) is 5.91 Å². The summed E-state index contributed by atoms with van der Waals surface area (Å²) in [5, 5.41) is 2.99. The van der Waals surface area contributed by atoms with Crippen molar-refractivity contribution in [1.82, 2.24) is 4.98 Å². The fourth-order valence-corrected chi connectivity index (χ4v) is 3.03. The number of amides is 1. The summed E-state index contributed by atoms with van der Waals surface area (Å²) in [5.41, 5.74) is -0.00302. The largest absolute Gasteiger partial charge is 0.478 e. The van der Waals surface area contributed by atoms with Gasteiger partial charge >= 0.3 is 0 Å². The Bertz CT molecular complexity index is 494. The van der Waals surface area contributed by atoms with Crippen LogP contribution in [0.5, 0.6) is 5.88 Å². The van der Waals surface area contributed by atoms with Crippen molar-refractivity contribution >= 4 is 11.6 Å². The fraction of sp³-hybridized carbons (Fsp3) is 0.684. The van der Waals surface area contributed by atoms with Crippen LogP contribution < -0.4 is 10.1 Å². The van der Waals surface area contributed by atoms with Crippen molar-refractivity contribution < 1.29 is 14.3 Å². The molecule has 0 saturated heterocycles. The molecule has 0 aliphatic heterocycles. The molecule has 24 heavy (non-hydrogen) atoms. The third-order valence-corrected chi connectivity index (χ3v) is 4.36. The van der Waals surface area contributed by atoms with Crippen LogP contribution in [-0.4, -0.2) is 29.7 Å². The number of nitrogens with zero attached hydrogens (tertiary/aromatic N) is 1. The molecule has 0 aromatic carbocycles. The first-order chi connectivity index (χ1) is 11.7. The lowest BCUT2D eigenvalue weighted by Crippen LogP contribution is -2.45. The second kappa shape index (κ2) is 9.62. The van der Waals surface area contributed by atoms with Gasteiger partial charge in [-0.3, -0.25) is 4.79 Å². The van der Waals surface area contributed by atoms with E-state index in [9.17, 15) is 4.79 Å². The van der Waals surface area contributed by atoms with Crippen molar-refractivity contribution in [3.8, 4) is 5.88 Å². The standard InChI is InChI=1S/C19H30N2O3/c1-3-13-23-17-10-9-16(15-20-17)21-18(22)19(24-14-4-2)11-7-5-6-8-12-19/h9-10,15H,3-8,11-14H2,1-2H3,(H,21,22). The predicted octanol–water partition coefficient (Wildman–Crippen LogP) is 4.33. The summed E-state index contributed by atoms with van der Waals surface area (Å²) in [6.45, 7) is 5.39. The first-order valence-corrected chi connectivity index (χ1v) is 9.24. The molecule has 1 aliphatic rings. The lowest BCUT2D eigenvalue weighted by Gasteiger charge is -2.31. The van der Waals surface area contributed by atoms with Crippen LogP contribution in [0.2, 0.25) is 0 Å². The van der Waals surface area contributed by atoms with Crippen LogP contribution in [0.3, 0.4) is 0 Å². The van der Waals surface area contributed by atoms with Crippen LogP contribution in [0.15, 0.2) is 18.3 Å². The second-order valence-electron chi connectivity index (χ2n) is 6.44. The van der Waals surface area contributed by atoms with Crippen LogP contribution in [0.4, 0.5) is 5.69 Å². The highest BCUT2D eigenvalue weighted by Gasteiger charge is 2.39. The fourth-order valence-electron chi connectivity index (χ4n) is 3.03. The molecule has 0 atom stereocenters. The van der Waals surface area contributed by atoms with E-state index in [1.54, 1.807) is 12.3 Å². The number of aromatic nitrogens is 1. The maximum absolute atomic E-state index is 12.9. The molecule has 1 aromatic rings. The number of hydrogen-bond acceptors (Lipinski definition) is 4. The van der Waals surface area contributed by atoms with E-state index in [0.29, 0.717) is 24.8 Å². The third-order valence-electron chi connectivity index (χ3n) is 4.36. The predicted molar refractivity (Wildman–Crippen MR) is 95.3 cm³/mol. The van der Waals surface area contributed by atoms with Gasteiger partial charge in [0, 0.05) is 12.7 Å². The van der Waals surface area contributed by atoms with E-state index in [-0.39, 0.29) is 5.91 Å². The Balaban J connectivity index is 2.03.